The molecule has 0 heterocycles. The largest absolute Gasteiger partial charge is 0.369 e. The van der Waals surface area contributed by atoms with Crippen molar-refractivity contribution < 1.29 is 9.84 Å². The predicted octanol–water partition coefficient (Wildman–Crippen LogP) is 5.05. The van der Waals surface area contributed by atoms with E-state index in [2.05, 4.69) is 42.2 Å². The summed E-state index contributed by atoms with van der Waals surface area (Å²) in [4.78, 5) is 0. The van der Waals surface area contributed by atoms with Crippen molar-refractivity contribution in [2.24, 2.45) is 5.92 Å². The summed E-state index contributed by atoms with van der Waals surface area (Å²) in [7, 11) is 0. The van der Waals surface area contributed by atoms with Crippen LogP contribution < -0.4 is 0 Å². The first-order valence-corrected chi connectivity index (χ1v) is 9.92. The molecule has 0 radical (unpaired) electrons. The van der Waals surface area contributed by atoms with Crippen LogP contribution in [0.4, 0.5) is 0 Å². The maximum atomic E-state index is 11.3. The molecule has 1 fully saturated rings. The molecule has 2 heteroatoms. The van der Waals surface area contributed by atoms with E-state index in [1.807, 2.05) is 66.7 Å². The summed E-state index contributed by atoms with van der Waals surface area (Å²) < 4.78 is 5.77. The third-order valence-corrected chi connectivity index (χ3v) is 5.14. The van der Waals surface area contributed by atoms with Crippen molar-refractivity contribution >= 4 is 6.08 Å². The minimum atomic E-state index is -1.34. The van der Waals surface area contributed by atoms with Crippen molar-refractivity contribution in [1.29, 1.82) is 0 Å². The van der Waals surface area contributed by atoms with Gasteiger partial charge in [-0.3, -0.25) is 0 Å². The molecule has 2 nitrogen and oxygen atoms in total. The van der Waals surface area contributed by atoms with Gasteiger partial charge in [0.2, 0.25) is 0 Å². The van der Waals surface area contributed by atoms with E-state index in [1.54, 1.807) is 0 Å². The van der Waals surface area contributed by atoms with Gasteiger partial charge in [0.1, 0.15) is 6.61 Å². The maximum Gasteiger partial charge on any atom is 0.176 e. The van der Waals surface area contributed by atoms with E-state index in [9.17, 15) is 5.11 Å². The highest BCUT2D eigenvalue weighted by Gasteiger charge is 2.30. The van der Waals surface area contributed by atoms with Crippen molar-refractivity contribution in [3.8, 4) is 11.8 Å². The van der Waals surface area contributed by atoms with Gasteiger partial charge in [-0.2, -0.15) is 0 Å². The van der Waals surface area contributed by atoms with Crippen LogP contribution in [0.3, 0.4) is 0 Å². The molecule has 0 aromatic heterocycles. The van der Waals surface area contributed by atoms with Gasteiger partial charge in [-0.15, -0.1) is 0 Å². The Morgan fingerprint density at radius 1 is 0.862 bits per heavy atom. The number of hydrogen-bond donors (Lipinski definition) is 1. The molecule has 0 bridgehead atoms. The lowest BCUT2D eigenvalue weighted by atomic mass is 9.87. The highest BCUT2D eigenvalue weighted by molar-refractivity contribution is 5.57. The van der Waals surface area contributed by atoms with Crippen LogP contribution >= 0.6 is 0 Å². The fraction of sp³-hybridized carbons (Fsp3) is 0.185. The first-order valence-electron chi connectivity index (χ1n) is 9.92. The monoisotopic (exact) mass is 380 g/mol. The Labute approximate surface area is 172 Å². The fourth-order valence-corrected chi connectivity index (χ4v) is 3.42. The SMILES string of the molecule is OC(C#CCOCC1C/C1=C\c1ccccc1)(c1ccccc1)c1ccccc1. The highest BCUT2D eigenvalue weighted by Crippen LogP contribution is 2.39. The molecule has 144 valence electrons. The molecule has 1 N–H and O–H groups in total. The molecule has 1 aliphatic carbocycles. The van der Waals surface area contributed by atoms with Crippen LogP contribution in [-0.4, -0.2) is 18.3 Å². The molecular weight excluding hydrogens is 356 g/mol. The number of hydrogen-bond acceptors (Lipinski definition) is 2. The summed E-state index contributed by atoms with van der Waals surface area (Å²) in [6, 6.07) is 29.5. The van der Waals surface area contributed by atoms with E-state index in [4.69, 9.17) is 4.74 Å². The lowest BCUT2D eigenvalue weighted by Gasteiger charge is -2.23. The molecule has 0 spiro atoms. The Bertz CT molecular complexity index is 972. The van der Waals surface area contributed by atoms with Crippen LogP contribution in [0.2, 0.25) is 0 Å². The molecule has 3 aromatic rings. The Kier molecular flexibility index (Phi) is 5.91. The predicted molar refractivity (Wildman–Crippen MR) is 117 cm³/mol. The number of aliphatic hydroxyl groups is 1. The summed E-state index contributed by atoms with van der Waals surface area (Å²) in [5.74, 6) is 6.55. The summed E-state index contributed by atoms with van der Waals surface area (Å²) in [5, 5.41) is 11.3. The Morgan fingerprint density at radius 2 is 1.41 bits per heavy atom. The molecule has 0 saturated heterocycles. The topological polar surface area (TPSA) is 29.5 Å². The molecule has 0 amide bonds. The van der Waals surface area contributed by atoms with Crippen molar-refractivity contribution in [2.45, 2.75) is 12.0 Å². The zero-order chi connectivity index (χ0) is 19.9. The summed E-state index contributed by atoms with van der Waals surface area (Å²) in [6.45, 7) is 0.972. The van der Waals surface area contributed by atoms with Gasteiger partial charge in [0.25, 0.3) is 0 Å². The Morgan fingerprint density at radius 3 is 2.00 bits per heavy atom. The highest BCUT2D eigenvalue weighted by atomic mass is 16.5. The molecule has 0 aliphatic heterocycles. The van der Waals surface area contributed by atoms with Gasteiger partial charge in [0, 0.05) is 17.0 Å². The minimum Gasteiger partial charge on any atom is -0.369 e. The Balaban J connectivity index is 1.38. The van der Waals surface area contributed by atoms with E-state index < -0.39 is 5.60 Å². The van der Waals surface area contributed by atoms with Gasteiger partial charge in [0.15, 0.2) is 5.60 Å². The number of rotatable bonds is 6. The minimum absolute atomic E-state index is 0.303. The van der Waals surface area contributed by atoms with Gasteiger partial charge < -0.3 is 9.84 Å². The van der Waals surface area contributed by atoms with E-state index in [0.717, 1.165) is 17.5 Å². The van der Waals surface area contributed by atoms with Crippen LogP contribution in [0, 0.1) is 17.8 Å². The van der Waals surface area contributed by atoms with Gasteiger partial charge in [-0.1, -0.05) is 114 Å². The third-order valence-electron chi connectivity index (χ3n) is 5.14. The summed E-state index contributed by atoms with van der Waals surface area (Å²) >= 11 is 0. The van der Waals surface area contributed by atoms with Crippen LogP contribution in [0.25, 0.3) is 6.08 Å². The summed E-state index contributed by atoms with van der Waals surface area (Å²) in [5.41, 5.74) is 2.84. The number of ether oxygens (including phenoxy) is 1. The normalized spacial score (nSPS) is 16.9. The van der Waals surface area contributed by atoms with Crippen molar-refractivity contribution in [1.82, 2.24) is 0 Å². The maximum absolute atomic E-state index is 11.3. The Hall–Kier alpha value is -3.12. The van der Waals surface area contributed by atoms with Crippen LogP contribution in [0.1, 0.15) is 23.1 Å². The van der Waals surface area contributed by atoms with Gasteiger partial charge in [-0.25, -0.2) is 0 Å². The molecule has 1 aliphatic rings. The van der Waals surface area contributed by atoms with E-state index in [0.29, 0.717) is 19.1 Å². The molecule has 3 aromatic carbocycles. The van der Waals surface area contributed by atoms with E-state index in [1.165, 1.54) is 11.1 Å². The van der Waals surface area contributed by atoms with Crippen molar-refractivity contribution in [3.63, 3.8) is 0 Å². The van der Waals surface area contributed by atoms with Crippen molar-refractivity contribution in [3.05, 3.63) is 113 Å². The second-order valence-electron chi connectivity index (χ2n) is 7.29. The van der Waals surface area contributed by atoms with Crippen LogP contribution in [0.15, 0.2) is 96.6 Å². The molecular formula is C27H24O2. The van der Waals surface area contributed by atoms with Gasteiger partial charge in [0.05, 0.1) is 6.61 Å². The zero-order valence-electron chi connectivity index (χ0n) is 16.3. The van der Waals surface area contributed by atoms with Crippen LogP contribution in [-0.2, 0) is 10.3 Å². The standard InChI is InChI=1S/C27H24O2/c28-27(25-13-6-2-7-14-25,26-15-8-3-9-16-26)17-10-18-29-21-24-20-23(24)19-22-11-4-1-5-12-22/h1-9,11-16,19,24,28H,18,20-21H2/b23-19+. The lowest BCUT2D eigenvalue weighted by molar-refractivity contribution is 0.141. The van der Waals surface area contributed by atoms with Crippen molar-refractivity contribution in [2.75, 3.05) is 13.2 Å². The first kappa shape index (κ1) is 19.2. The average molecular weight is 380 g/mol. The second-order valence-corrected chi connectivity index (χ2v) is 7.29. The quantitative estimate of drug-likeness (QED) is 0.479. The first-order chi connectivity index (χ1) is 14.3. The molecule has 4 rings (SSSR count). The lowest BCUT2D eigenvalue weighted by Crippen LogP contribution is -2.25. The molecule has 1 saturated carbocycles. The smallest absolute Gasteiger partial charge is 0.176 e. The van der Waals surface area contributed by atoms with Gasteiger partial charge in [-0.05, 0) is 12.0 Å². The second kappa shape index (κ2) is 8.92. The zero-order valence-corrected chi connectivity index (χ0v) is 16.3. The molecule has 1 atom stereocenters. The average Bonchev–Trinajstić information content (AvgIpc) is 3.52. The van der Waals surface area contributed by atoms with Crippen LogP contribution in [0.5, 0.6) is 0 Å². The molecule has 1 unspecified atom stereocenters. The third kappa shape index (κ3) is 4.84. The summed E-state index contributed by atoms with van der Waals surface area (Å²) in [6.07, 6.45) is 3.32. The van der Waals surface area contributed by atoms with E-state index in [-0.39, 0.29) is 0 Å². The number of benzene rings is 3. The fourth-order valence-electron chi connectivity index (χ4n) is 3.42. The molecule has 29 heavy (non-hydrogen) atoms. The van der Waals surface area contributed by atoms with Gasteiger partial charge >= 0.3 is 0 Å². The van der Waals surface area contributed by atoms with E-state index >= 15 is 0 Å².